The molecule has 100 valence electrons. The van der Waals surface area contributed by atoms with Gasteiger partial charge in [0.25, 0.3) is 5.24 Å². The zero-order valence-electron chi connectivity index (χ0n) is 9.76. The van der Waals surface area contributed by atoms with Crippen LogP contribution in [0.5, 0.6) is 0 Å². The highest BCUT2D eigenvalue weighted by Crippen LogP contribution is 2.29. The van der Waals surface area contributed by atoms with Crippen LogP contribution in [0.25, 0.3) is 0 Å². The van der Waals surface area contributed by atoms with Gasteiger partial charge in [0.1, 0.15) is 11.5 Å². The molecule has 2 rings (SSSR count). The minimum Gasteiger partial charge on any atom is -0.481 e. The van der Waals surface area contributed by atoms with Crippen molar-refractivity contribution in [1.29, 1.82) is 0 Å². The molecule has 3 atom stereocenters. The summed E-state index contributed by atoms with van der Waals surface area (Å²) in [6, 6.07) is -1.17. The minimum absolute atomic E-state index is 0.0685. The average Bonchev–Trinajstić information content (AvgIpc) is 2.87. The maximum atomic E-state index is 11.9. The Morgan fingerprint density at radius 3 is 2.89 bits per heavy atom. The lowest BCUT2D eigenvalue weighted by Gasteiger charge is -2.26. The van der Waals surface area contributed by atoms with Crippen LogP contribution < -0.4 is 10.6 Å². The number of amides is 2. The van der Waals surface area contributed by atoms with E-state index in [-0.39, 0.29) is 24.4 Å². The predicted octanol–water partition coefficient (Wildman–Crippen LogP) is -0.583. The first-order valence-electron chi connectivity index (χ1n) is 5.48. The second-order valence-electron chi connectivity index (χ2n) is 4.59. The Kier molecular flexibility index (Phi) is 3.49. The molecule has 2 aliphatic heterocycles. The number of rotatable bonds is 3. The third kappa shape index (κ3) is 2.30. The maximum Gasteiger partial charge on any atom is 0.313 e. The van der Waals surface area contributed by atoms with Crippen molar-refractivity contribution >= 4 is 28.9 Å². The van der Waals surface area contributed by atoms with Crippen LogP contribution in [-0.2, 0) is 14.3 Å². The van der Waals surface area contributed by atoms with Crippen molar-refractivity contribution in [2.24, 2.45) is 5.41 Å². The van der Waals surface area contributed by atoms with E-state index in [0.29, 0.717) is 5.75 Å². The Morgan fingerprint density at radius 1 is 1.61 bits per heavy atom. The van der Waals surface area contributed by atoms with Crippen molar-refractivity contribution in [2.75, 3.05) is 19.0 Å². The Morgan fingerprint density at radius 2 is 2.33 bits per heavy atom. The van der Waals surface area contributed by atoms with E-state index in [0.717, 1.165) is 11.8 Å². The van der Waals surface area contributed by atoms with Crippen molar-refractivity contribution in [2.45, 2.75) is 19.0 Å². The Hall–Kier alpha value is -1.28. The van der Waals surface area contributed by atoms with E-state index in [1.165, 1.54) is 6.92 Å². The summed E-state index contributed by atoms with van der Waals surface area (Å²) in [5.41, 5.74) is -1.12. The van der Waals surface area contributed by atoms with Gasteiger partial charge in [0.2, 0.25) is 5.91 Å². The van der Waals surface area contributed by atoms with E-state index >= 15 is 0 Å². The van der Waals surface area contributed by atoms with E-state index in [4.69, 9.17) is 9.84 Å². The summed E-state index contributed by atoms with van der Waals surface area (Å²) in [5, 5.41) is 14.1. The molecule has 0 radical (unpaired) electrons. The highest BCUT2D eigenvalue weighted by molar-refractivity contribution is 8.14. The molecule has 0 aromatic heterocycles. The first-order chi connectivity index (χ1) is 8.43. The fourth-order valence-corrected chi connectivity index (χ4v) is 2.66. The van der Waals surface area contributed by atoms with Gasteiger partial charge in [-0.3, -0.25) is 14.4 Å². The Bertz CT molecular complexity index is 402. The normalized spacial score (nSPS) is 35.3. The van der Waals surface area contributed by atoms with Gasteiger partial charge in [0, 0.05) is 5.75 Å². The molecule has 2 fully saturated rings. The molecule has 2 saturated heterocycles. The molecule has 18 heavy (non-hydrogen) atoms. The third-order valence-corrected chi connectivity index (χ3v) is 4.13. The molecule has 0 bridgehead atoms. The van der Waals surface area contributed by atoms with E-state index in [1.807, 2.05) is 0 Å². The molecule has 7 nitrogen and oxygen atoms in total. The molecule has 8 heteroatoms. The number of carboxylic acid groups (broad SMARTS) is 1. The lowest BCUT2D eigenvalue weighted by Crippen LogP contribution is -2.54. The van der Waals surface area contributed by atoms with Crippen molar-refractivity contribution in [3.8, 4) is 0 Å². The lowest BCUT2D eigenvalue weighted by molar-refractivity contribution is -0.149. The van der Waals surface area contributed by atoms with E-state index in [9.17, 15) is 14.4 Å². The first kappa shape index (κ1) is 13.2. The summed E-state index contributed by atoms with van der Waals surface area (Å²) < 4.78 is 5.13. The van der Waals surface area contributed by atoms with Gasteiger partial charge in [0.15, 0.2) is 0 Å². The highest BCUT2D eigenvalue weighted by atomic mass is 32.2. The minimum atomic E-state index is -1.12. The van der Waals surface area contributed by atoms with Crippen LogP contribution in [0.3, 0.4) is 0 Å². The Balaban J connectivity index is 1.98. The molecule has 0 spiro atoms. The van der Waals surface area contributed by atoms with E-state index < -0.39 is 23.5 Å². The second kappa shape index (κ2) is 4.77. The number of nitrogens with one attached hydrogen (secondary N) is 2. The zero-order valence-corrected chi connectivity index (χ0v) is 10.6. The number of ether oxygens (including phenoxy) is 1. The molecule has 3 N–H and O–H groups in total. The largest absolute Gasteiger partial charge is 0.481 e. The fraction of sp³-hybridized carbons (Fsp3) is 0.700. The summed E-state index contributed by atoms with van der Waals surface area (Å²) in [5.74, 6) is -1.01. The SMILES string of the molecule is CC1(C(=O)O)COCC1NC(=O)C1CSC(=O)N1. The number of carbonyl (C=O) groups is 3. The van der Waals surface area contributed by atoms with Crippen molar-refractivity contribution in [3.05, 3.63) is 0 Å². The summed E-state index contributed by atoms with van der Waals surface area (Å²) in [4.78, 5) is 34.0. The number of hydrogen-bond acceptors (Lipinski definition) is 5. The van der Waals surface area contributed by atoms with E-state index in [2.05, 4.69) is 10.6 Å². The molecule has 2 heterocycles. The third-order valence-electron chi connectivity index (χ3n) is 3.25. The lowest BCUT2D eigenvalue weighted by atomic mass is 9.85. The zero-order chi connectivity index (χ0) is 13.3. The summed E-state index contributed by atoms with van der Waals surface area (Å²) in [6.45, 7) is 1.77. The van der Waals surface area contributed by atoms with Crippen molar-refractivity contribution < 1.29 is 24.2 Å². The van der Waals surface area contributed by atoms with Gasteiger partial charge in [-0.05, 0) is 6.92 Å². The predicted molar refractivity (Wildman–Crippen MR) is 63.3 cm³/mol. The average molecular weight is 274 g/mol. The molecule has 0 aromatic rings. The van der Waals surface area contributed by atoms with Gasteiger partial charge >= 0.3 is 5.97 Å². The number of carboxylic acids is 1. The molecule has 0 saturated carbocycles. The van der Waals surface area contributed by atoms with Crippen LogP contribution in [0.4, 0.5) is 4.79 Å². The van der Waals surface area contributed by atoms with Gasteiger partial charge < -0.3 is 20.5 Å². The highest BCUT2D eigenvalue weighted by Gasteiger charge is 2.48. The van der Waals surface area contributed by atoms with Gasteiger partial charge in [0.05, 0.1) is 19.3 Å². The molecule has 2 aliphatic rings. The molecule has 0 aliphatic carbocycles. The topological polar surface area (TPSA) is 105 Å². The molecule has 0 aromatic carbocycles. The van der Waals surface area contributed by atoms with Gasteiger partial charge in [-0.1, -0.05) is 11.8 Å². The van der Waals surface area contributed by atoms with E-state index in [1.54, 1.807) is 0 Å². The van der Waals surface area contributed by atoms with Crippen LogP contribution in [0, 0.1) is 5.41 Å². The monoisotopic (exact) mass is 274 g/mol. The van der Waals surface area contributed by atoms with Crippen molar-refractivity contribution in [1.82, 2.24) is 10.6 Å². The molecule has 3 unspecified atom stereocenters. The first-order valence-corrected chi connectivity index (χ1v) is 6.47. The number of thioether (sulfide) groups is 1. The summed E-state index contributed by atoms with van der Waals surface area (Å²) in [7, 11) is 0. The number of hydrogen-bond donors (Lipinski definition) is 3. The van der Waals surface area contributed by atoms with Crippen LogP contribution in [-0.4, -0.2) is 53.3 Å². The summed E-state index contributed by atoms with van der Waals surface area (Å²) in [6.07, 6.45) is 0. The number of aliphatic carboxylic acids is 1. The van der Waals surface area contributed by atoms with Gasteiger partial charge in [-0.2, -0.15) is 0 Å². The van der Waals surface area contributed by atoms with Crippen LogP contribution in [0.2, 0.25) is 0 Å². The summed E-state index contributed by atoms with van der Waals surface area (Å²) >= 11 is 1.04. The molecular weight excluding hydrogens is 260 g/mol. The quantitative estimate of drug-likeness (QED) is 0.636. The van der Waals surface area contributed by atoms with Crippen LogP contribution in [0.1, 0.15) is 6.92 Å². The van der Waals surface area contributed by atoms with Gasteiger partial charge in [-0.15, -0.1) is 0 Å². The number of carbonyl (C=O) groups excluding carboxylic acids is 2. The van der Waals surface area contributed by atoms with Gasteiger partial charge in [-0.25, -0.2) is 0 Å². The maximum absolute atomic E-state index is 11.9. The van der Waals surface area contributed by atoms with Crippen LogP contribution >= 0.6 is 11.8 Å². The van der Waals surface area contributed by atoms with Crippen molar-refractivity contribution in [3.63, 3.8) is 0 Å². The second-order valence-corrected chi connectivity index (χ2v) is 5.59. The van der Waals surface area contributed by atoms with Crippen LogP contribution in [0.15, 0.2) is 0 Å². The molecular formula is C10H14N2O5S. The Labute approximate surface area is 108 Å². The fourth-order valence-electron chi connectivity index (χ4n) is 1.88. The standard InChI is InChI=1S/C10H14N2O5S/c1-10(8(14)15)4-17-2-6(10)12-7(13)5-3-18-9(16)11-5/h5-6H,2-4H2,1H3,(H,11,16)(H,12,13)(H,14,15). The smallest absolute Gasteiger partial charge is 0.313 e. The molecule has 2 amide bonds.